The first-order valence-corrected chi connectivity index (χ1v) is 8.74. The normalized spacial score (nSPS) is 16.5. The number of likely N-dealkylation sites (N-methyl/N-ethyl adjacent to an activating group) is 1. The van der Waals surface area contributed by atoms with Crippen LogP contribution in [0, 0.1) is 0 Å². The molecule has 1 aliphatic heterocycles. The fraction of sp³-hybridized carbons (Fsp3) is 0.632. The molecule has 1 aromatic carbocycles. The van der Waals surface area contributed by atoms with E-state index in [0.29, 0.717) is 30.9 Å². The van der Waals surface area contributed by atoms with Crippen LogP contribution in [-0.4, -0.2) is 64.4 Å². The molecule has 0 radical (unpaired) electrons. The highest BCUT2D eigenvalue weighted by Crippen LogP contribution is 2.31. The summed E-state index contributed by atoms with van der Waals surface area (Å²) in [6.45, 7) is 2.14. The van der Waals surface area contributed by atoms with Gasteiger partial charge < -0.3 is 24.4 Å². The van der Waals surface area contributed by atoms with Gasteiger partial charge in [-0.2, -0.15) is 0 Å². The highest BCUT2D eigenvalue weighted by atomic mass is 16.5. The number of amides is 1. The highest BCUT2D eigenvalue weighted by Gasteiger charge is 2.34. The number of ether oxygens (including phenoxy) is 3. The van der Waals surface area contributed by atoms with Crippen molar-refractivity contribution < 1.29 is 19.0 Å². The zero-order chi connectivity index (χ0) is 18.3. The Hall–Kier alpha value is -1.79. The number of carbonyl (C=O) groups is 1. The van der Waals surface area contributed by atoms with E-state index < -0.39 is 0 Å². The first-order chi connectivity index (χ1) is 12.0. The van der Waals surface area contributed by atoms with E-state index >= 15 is 0 Å². The lowest BCUT2D eigenvalue weighted by atomic mass is 9.88. The van der Waals surface area contributed by atoms with E-state index in [-0.39, 0.29) is 11.4 Å². The molecule has 0 unspecified atom stereocenters. The Bertz CT molecular complexity index is 569. The van der Waals surface area contributed by atoms with Crippen molar-refractivity contribution in [3.8, 4) is 11.5 Å². The first-order valence-electron chi connectivity index (χ1n) is 8.74. The molecule has 0 aromatic heterocycles. The summed E-state index contributed by atoms with van der Waals surface area (Å²) < 4.78 is 16.2. The molecule has 1 saturated heterocycles. The molecule has 1 amide bonds. The molecule has 1 aromatic rings. The number of hydrogen-bond acceptors (Lipinski definition) is 5. The topological polar surface area (TPSA) is 60.0 Å². The van der Waals surface area contributed by atoms with Crippen molar-refractivity contribution >= 4 is 5.91 Å². The second-order valence-corrected chi connectivity index (χ2v) is 6.66. The molecular weight excluding hydrogens is 320 g/mol. The van der Waals surface area contributed by atoms with Crippen molar-refractivity contribution in [1.29, 1.82) is 0 Å². The third-order valence-corrected chi connectivity index (χ3v) is 5.09. The molecule has 0 bridgehead atoms. The van der Waals surface area contributed by atoms with Gasteiger partial charge in [0.15, 0.2) is 11.5 Å². The van der Waals surface area contributed by atoms with Gasteiger partial charge in [-0.1, -0.05) is 12.1 Å². The Morgan fingerprint density at radius 2 is 1.96 bits per heavy atom. The zero-order valence-corrected chi connectivity index (χ0v) is 15.8. The van der Waals surface area contributed by atoms with Gasteiger partial charge in [-0.25, -0.2) is 0 Å². The second kappa shape index (κ2) is 9.06. The van der Waals surface area contributed by atoms with Gasteiger partial charge in [-0.05, 0) is 45.0 Å². The molecule has 1 N–H and O–H groups in total. The van der Waals surface area contributed by atoms with Crippen LogP contribution >= 0.6 is 0 Å². The summed E-state index contributed by atoms with van der Waals surface area (Å²) in [4.78, 5) is 14.6. The Morgan fingerprint density at radius 3 is 2.56 bits per heavy atom. The van der Waals surface area contributed by atoms with E-state index in [1.165, 1.54) is 0 Å². The van der Waals surface area contributed by atoms with Crippen molar-refractivity contribution in [3.05, 3.63) is 23.8 Å². The third-order valence-electron chi connectivity index (χ3n) is 5.09. The molecule has 0 aliphatic carbocycles. The van der Waals surface area contributed by atoms with Crippen LogP contribution in [0.15, 0.2) is 18.2 Å². The first kappa shape index (κ1) is 19.5. The van der Waals surface area contributed by atoms with Gasteiger partial charge in [0.1, 0.15) is 0 Å². The summed E-state index contributed by atoms with van der Waals surface area (Å²) in [6, 6.07) is 5.74. The lowest BCUT2D eigenvalue weighted by Crippen LogP contribution is -2.55. The maximum Gasteiger partial charge on any atom is 0.220 e. The standard InChI is InChI=1S/C19H30N2O4/c1-21(2)19(10-12-25-13-11-19)14-20-17(22)9-8-15-6-5-7-16(23-3)18(15)24-4/h5-7H,8-14H2,1-4H3,(H,20,22). The summed E-state index contributed by atoms with van der Waals surface area (Å²) in [6.07, 6.45) is 2.90. The zero-order valence-electron chi connectivity index (χ0n) is 15.8. The van der Waals surface area contributed by atoms with Gasteiger partial charge in [0.2, 0.25) is 5.91 Å². The molecule has 1 aliphatic rings. The molecule has 0 atom stereocenters. The predicted molar refractivity (Wildman–Crippen MR) is 97.3 cm³/mol. The molecule has 1 heterocycles. The van der Waals surface area contributed by atoms with E-state index in [2.05, 4.69) is 24.3 Å². The van der Waals surface area contributed by atoms with E-state index in [0.717, 1.165) is 31.6 Å². The van der Waals surface area contributed by atoms with Crippen molar-refractivity contribution in [1.82, 2.24) is 10.2 Å². The molecule has 6 heteroatoms. The molecular formula is C19H30N2O4. The van der Waals surface area contributed by atoms with Gasteiger partial charge in [-0.15, -0.1) is 0 Å². The molecule has 1 fully saturated rings. The van der Waals surface area contributed by atoms with E-state index in [1.54, 1.807) is 14.2 Å². The lowest BCUT2D eigenvalue weighted by Gasteiger charge is -2.42. The summed E-state index contributed by atoms with van der Waals surface area (Å²) in [7, 11) is 7.37. The minimum absolute atomic E-state index is 0.0123. The van der Waals surface area contributed by atoms with Crippen LogP contribution in [0.1, 0.15) is 24.8 Å². The number of nitrogens with zero attached hydrogens (tertiary/aromatic N) is 1. The van der Waals surface area contributed by atoms with Crippen LogP contribution < -0.4 is 14.8 Å². The maximum absolute atomic E-state index is 12.3. The Morgan fingerprint density at radius 1 is 1.24 bits per heavy atom. The van der Waals surface area contributed by atoms with Gasteiger partial charge in [0.25, 0.3) is 0 Å². The summed E-state index contributed by atoms with van der Waals surface area (Å²) in [5.74, 6) is 1.44. The van der Waals surface area contributed by atoms with Crippen LogP contribution in [0.25, 0.3) is 0 Å². The van der Waals surface area contributed by atoms with Crippen LogP contribution in [0.3, 0.4) is 0 Å². The van der Waals surface area contributed by atoms with Crippen LogP contribution in [0.5, 0.6) is 11.5 Å². The summed E-state index contributed by atoms with van der Waals surface area (Å²) >= 11 is 0. The van der Waals surface area contributed by atoms with Gasteiger partial charge in [0.05, 0.1) is 14.2 Å². The monoisotopic (exact) mass is 350 g/mol. The van der Waals surface area contributed by atoms with Gasteiger partial charge >= 0.3 is 0 Å². The molecule has 0 saturated carbocycles. The van der Waals surface area contributed by atoms with E-state index in [9.17, 15) is 4.79 Å². The number of hydrogen-bond donors (Lipinski definition) is 1. The smallest absolute Gasteiger partial charge is 0.220 e. The van der Waals surface area contributed by atoms with Crippen molar-refractivity contribution in [2.75, 3.05) is 48.1 Å². The molecule has 25 heavy (non-hydrogen) atoms. The van der Waals surface area contributed by atoms with E-state index in [1.807, 2.05) is 18.2 Å². The number of nitrogens with one attached hydrogen (secondary N) is 1. The van der Waals surface area contributed by atoms with Gasteiger partial charge in [-0.3, -0.25) is 4.79 Å². The van der Waals surface area contributed by atoms with Crippen molar-refractivity contribution in [3.63, 3.8) is 0 Å². The summed E-state index contributed by atoms with van der Waals surface area (Å²) in [5, 5.41) is 3.10. The fourth-order valence-corrected chi connectivity index (χ4v) is 3.28. The number of para-hydroxylation sites is 1. The van der Waals surface area contributed by atoms with Crippen molar-refractivity contribution in [2.45, 2.75) is 31.2 Å². The summed E-state index contributed by atoms with van der Waals surface area (Å²) in [5.41, 5.74) is 0.965. The largest absolute Gasteiger partial charge is 0.493 e. The number of rotatable bonds is 8. The quantitative estimate of drug-likeness (QED) is 0.775. The van der Waals surface area contributed by atoms with Crippen molar-refractivity contribution in [2.24, 2.45) is 0 Å². The number of carbonyl (C=O) groups excluding carboxylic acids is 1. The number of benzene rings is 1. The number of aryl methyl sites for hydroxylation is 1. The molecule has 140 valence electrons. The average molecular weight is 350 g/mol. The molecule has 6 nitrogen and oxygen atoms in total. The predicted octanol–water partition coefficient (Wildman–Crippen LogP) is 1.86. The van der Waals surface area contributed by atoms with Crippen LogP contribution in [0.2, 0.25) is 0 Å². The van der Waals surface area contributed by atoms with Crippen LogP contribution in [-0.2, 0) is 16.0 Å². The second-order valence-electron chi connectivity index (χ2n) is 6.66. The highest BCUT2D eigenvalue weighted by molar-refractivity contribution is 5.76. The fourth-order valence-electron chi connectivity index (χ4n) is 3.28. The minimum atomic E-state index is -0.0123. The number of methoxy groups -OCH3 is 2. The molecule has 2 rings (SSSR count). The lowest BCUT2D eigenvalue weighted by molar-refractivity contribution is -0.122. The Balaban J connectivity index is 1.90. The third kappa shape index (κ3) is 4.86. The van der Waals surface area contributed by atoms with Crippen LogP contribution in [0.4, 0.5) is 0 Å². The Kier molecular flexibility index (Phi) is 7.08. The average Bonchev–Trinajstić information content (AvgIpc) is 2.64. The SMILES string of the molecule is COc1cccc(CCC(=O)NCC2(N(C)C)CCOCC2)c1OC. The van der Waals surface area contributed by atoms with E-state index in [4.69, 9.17) is 14.2 Å². The Labute approximate surface area is 150 Å². The molecule has 0 spiro atoms. The maximum atomic E-state index is 12.3. The minimum Gasteiger partial charge on any atom is -0.493 e. The van der Waals surface area contributed by atoms with Gasteiger partial charge in [0, 0.05) is 31.7 Å².